The topological polar surface area (TPSA) is 42.3 Å². The Hall–Kier alpha value is -1.57. The molecule has 0 aromatic heterocycles. The van der Waals surface area contributed by atoms with Gasteiger partial charge >= 0.3 is 0 Å². The Morgan fingerprint density at radius 1 is 1.47 bits per heavy atom. The van der Waals surface area contributed by atoms with E-state index in [9.17, 15) is 5.26 Å². The van der Waals surface area contributed by atoms with Crippen LogP contribution in [0, 0.1) is 11.3 Å². The minimum atomic E-state index is 0.587. The standard InChI is InChI=1S/C15H22N4/c1-17-10-12-4-5-15(13(8-12)9-16)19-7-6-14(11-19)18(2)3/h4-5,8,14,17H,6-7,10-11H2,1-3H3. The molecule has 1 atom stereocenters. The molecule has 1 aromatic carbocycles. The highest BCUT2D eigenvalue weighted by Gasteiger charge is 2.25. The quantitative estimate of drug-likeness (QED) is 0.887. The van der Waals surface area contributed by atoms with E-state index in [0.717, 1.165) is 42.9 Å². The van der Waals surface area contributed by atoms with Gasteiger partial charge in [-0.2, -0.15) is 5.26 Å². The molecule has 1 aliphatic heterocycles. The molecule has 1 heterocycles. The predicted molar refractivity (Wildman–Crippen MR) is 78.2 cm³/mol. The molecule has 0 saturated carbocycles. The zero-order valence-corrected chi connectivity index (χ0v) is 12.0. The first-order valence-corrected chi connectivity index (χ1v) is 6.74. The lowest BCUT2D eigenvalue weighted by Crippen LogP contribution is -2.31. The van der Waals surface area contributed by atoms with Gasteiger partial charge in [0, 0.05) is 25.7 Å². The Kier molecular flexibility index (Phi) is 4.41. The minimum absolute atomic E-state index is 0.587. The molecule has 0 radical (unpaired) electrons. The first-order chi connectivity index (χ1) is 9.15. The Labute approximate surface area is 115 Å². The van der Waals surface area contributed by atoms with Gasteiger partial charge in [-0.1, -0.05) is 6.07 Å². The molecule has 1 saturated heterocycles. The first-order valence-electron chi connectivity index (χ1n) is 6.74. The van der Waals surface area contributed by atoms with Crippen molar-refractivity contribution in [1.82, 2.24) is 10.2 Å². The van der Waals surface area contributed by atoms with E-state index in [2.05, 4.69) is 47.4 Å². The average Bonchev–Trinajstić information content (AvgIpc) is 2.88. The summed E-state index contributed by atoms with van der Waals surface area (Å²) in [6, 6.07) is 9.11. The number of nitrogens with one attached hydrogen (secondary N) is 1. The van der Waals surface area contributed by atoms with Gasteiger partial charge in [0.1, 0.15) is 6.07 Å². The lowest BCUT2D eigenvalue weighted by atomic mass is 10.1. The van der Waals surface area contributed by atoms with Gasteiger partial charge in [-0.25, -0.2) is 0 Å². The summed E-state index contributed by atoms with van der Waals surface area (Å²) < 4.78 is 0. The van der Waals surface area contributed by atoms with Gasteiger partial charge in [0.15, 0.2) is 0 Å². The summed E-state index contributed by atoms with van der Waals surface area (Å²) in [7, 11) is 6.16. The van der Waals surface area contributed by atoms with Crippen LogP contribution in [0.4, 0.5) is 5.69 Å². The minimum Gasteiger partial charge on any atom is -0.369 e. The van der Waals surface area contributed by atoms with Crippen molar-refractivity contribution >= 4 is 5.69 Å². The van der Waals surface area contributed by atoms with Gasteiger partial charge in [0.25, 0.3) is 0 Å². The highest BCUT2D eigenvalue weighted by molar-refractivity contribution is 5.61. The van der Waals surface area contributed by atoms with E-state index in [0.29, 0.717) is 6.04 Å². The fourth-order valence-corrected chi connectivity index (χ4v) is 2.64. The van der Waals surface area contributed by atoms with Crippen LogP contribution < -0.4 is 10.2 Å². The molecule has 0 bridgehead atoms. The molecular weight excluding hydrogens is 236 g/mol. The lowest BCUT2D eigenvalue weighted by Gasteiger charge is -2.23. The molecular formula is C15H22N4. The number of benzene rings is 1. The van der Waals surface area contributed by atoms with E-state index in [4.69, 9.17) is 0 Å². The Morgan fingerprint density at radius 3 is 2.84 bits per heavy atom. The maximum absolute atomic E-state index is 9.34. The van der Waals surface area contributed by atoms with Crippen LogP contribution in [-0.2, 0) is 6.54 Å². The zero-order valence-electron chi connectivity index (χ0n) is 12.0. The summed E-state index contributed by atoms with van der Waals surface area (Å²) in [6.07, 6.45) is 1.16. The summed E-state index contributed by atoms with van der Waals surface area (Å²) >= 11 is 0. The molecule has 19 heavy (non-hydrogen) atoms. The summed E-state index contributed by atoms with van der Waals surface area (Å²) in [5, 5.41) is 12.5. The lowest BCUT2D eigenvalue weighted by molar-refractivity contribution is 0.315. The molecule has 1 fully saturated rings. The normalized spacial score (nSPS) is 18.9. The molecule has 0 aliphatic carbocycles. The van der Waals surface area contributed by atoms with E-state index in [1.165, 1.54) is 0 Å². The second-order valence-corrected chi connectivity index (χ2v) is 5.35. The number of nitriles is 1. The van der Waals surface area contributed by atoms with Gasteiger partial charge in [0.2, 0.25) is 0 Å². The van der Waals surface area contributed by atoms with Crippen LogP contribution in [0.25, 0.3) is 0 Å². The maximum Gasteiger partial charge on any atom is 0.101 e. The van der Waals surface area contributed by atoms with Crippen LogP contribution >= 0.6 is 0 Å². The molecule has 4 nitrogen and oxygen atoms in total. The summed E-state index contributed by atoms with van der Waals surface area (Å²) in [5.74, 6) is 0. The van der Waals surface area contributed by atoms with Crippen molar-refractivity contribution < 1.29 is 0 Å². The molecule has 0 amide bonds. The maximum atomic E-state index is 9.34. The van der Waals surface area contributed by atoms with Crippen LogP contribution in [0.3, 0.4) is 0 Å². The van der Waals surface area contributed by atoms with Gasteiger partial charge in [-0.05, 0) is 45.3 Å². The molecule has 1 N–H and O–H groups in total. The molecule has 4 heteroatoms. The Morgan fingerprint density at radius 2 is 2.26 bits per heavy atom. The number of anilines is 1. The average molecular weight is 258 g/mol. The molecule has 1 aromatic rings. The highest BCUT2D eigenvalue weighted by Crippen LogP contribution is 2.26. The first kappa shape index (κ1) is 13.9. The van der Waals surface area contributed by atoms with Crippen LogP contribution in [0.2, 0.25) is 0 Å². The second kappa shape index (κ2) is 6.05. The second-order valence-electron chi connectivity index (χ2n) is 5.35. The molecule has 102 valence electrons. The Balaban J connectivity index is 2.19. The zero-order chi connectivity index (χ0) is 13.8. The number of rotatable bonds is 4. The summed E-state index contributed by atoms with van der Waals surface area (Å²) in [6.45, 7) is 2.84. The molecule has 1 aliphatic rings. The SMILES string of the molecule is CNCc1ccc(N2CCC(N(C)C)C2)c(C#N)c1. The predicted octanol–water partition coefficient (Wildman–Crippen LogP) is 1.42. The van der Waals surface area contributed by atoms with Crippen molar-refractivity contribution in [3.05, 3.63) is 29.3 Å². The van der Waals surface area contributed by atoms with Crippen molar-refractivity contribution in [3.63, 3.8) is 0 Å². The largest absolute Gasteiger partial charge is 0.369 e. The fourth-order valence-electron chi connectivity index (χ4n) is 2.64. The van der Waals surface area contributed by atoms with Gasteiger partial charge in [-0.15, -0.1) is 0 Å². The number of hydrogen-bond donors (Lipinski definition) is 1. The van der Waals surface area contributed by atoms with Gasteiger partial charge in [0.05, 0.1) is 11.3 Å². The number of hydrogen-bond acceptors (Lipinski definition) is 4. The third kappa shape index (κ3) is 3.06. The van der Waals surface area contributed by atoms with Crippen molar-refractivity contribution in [1.29, 1.82) is 5.26 Å². The van der Waals surface area contributed by atoms with Gasteiger partial charge in [-0.3, -0.25) is 0 Å². The summed E-state index contributed by atoms with van der Waals surface area (Å²) in [5.41, 5.74) is 3.02. The van der Waals surface area contributed by atoms with E-state index < -0.39 is 0 Å². The van der Waals surface area contributed by atoms with Crippen LogP contribution in [0.5, 0.6) is 0 Å². The van der Waals surface area contributed by atoms with Crippen molar-refractivity contribution in [2.24, 2.45) is 0 Å². The third-order valence-electron chi connectivity index (χ3n) is 3.80. The van der Waals surface area contributed by atoms with E-state index >= 15 is 0 Å². The number of nitrogens with zero attached hydrogens (tertiary/aromatic N) is 3. The molecule has 0 spiro atoms. The third-order valence-corrected chi connectivity index (χ3v) is 3.80. The number of likely N-dealkylation sites (N-methyl/N-ethyl adjacent to an activating group) is 1. The van der Waals surface area contributed by atoms with Crippen LogP contribution in [0.1, 0.15) is 17.5 Å². The van der Waals surface area contributed by atoms with Crippen molar-refractivity contribution in [2.75, 3.05) is 39.1 Å². The van der Waals surface area contributed by atoms with Crippen molar-refractivity contribution in [2.45, 2.75) is 19.0 Å². The van der Waals surface area contributed by atoms with Crippen LogP contribution in [-0.4, -0.2) is 45.2 Å². The summed E-state index contributed by atoms with van der Waals surface area (Å²) in [4.78, 5) is 4.59. The van der Waals surface area contributed by atoms with Crippen molar-refractivity contribution in [3.8, 4) is 6.07 Å². The monoisotopic (exact) mass is 258 g/mol. The Bertz CT molecular complexity index is 476. The van der Waals surface area contributed by atoms with Gasteiger partial charge < -0.3 is 15.1 Å². The fraction of sp³-hybridized carbons (Fsp3) is 0.533. The highest BCUT2D eigenvalue weighted by atomic mass is 15.2. The smallest absolute Gasteiger partial charge is 0.101 e. The molecule has 1 unspecified atom stereocenters. The van der Waals surface area contributed by atoms with Crippen LogP contribution in [0.15, 0.2) is 18.2 Å². The van der Waals surface area contributed by atoms with E-state index in [1.807, 2.05) is 13.1 Å². The molecule has 2 rings (SSSR count). The van der Waals surface area contributed by atoms with E-state index in [-0.39, 0.29) is 0 Å². The van der Waals surface area contributed by atoms with E-state index in [1.54, 1.807) is 0 Å².